The molecule has 5 heteroatoms. The second kappa shape index (κ2) is 9.22. The largest absolute Gasteiger partial charge is 0.488 e. The maximum absolute atomic E-state index is 6.05. The minimum atomic E-state index is -0.237. The molecular weight excluding hydrogens is 324 g/mol. The maximum atomic E-state index is 6.05. The fourth-order valence-electron chi connectivity index (χ4n) is 2.44. The highest BCUT2D eigenvalue weighted by molar-refractivity contribution is 5.79. The van der Waals surface area contributed by atoms with E-state index in [1.165, 1.54) is 0 Å². The van der Waals surface area contributed by atoms with Gasteiger partial charge in [0.25, 0.3) is 0 Å². The quantitative estimate of drug-likeness (QED) is 0.611. The van der Waals surface area contributed by atoms with E-state index in [-0.39, 0.29) is 5.60 Å². The van der Waals surface area contributed by atoms with Gasteiger partial charge in [0.2, 0.25) is 0 Å². The number of pyridine rings is 1. The molecule has 0 fully saturated rings. The van der Waals surface area contributed by atoms with Crippen LogP contribution in [0.4, 0.5) is 0 Å². The summed E-state index contributed by atoms with van der Waals surface area (Å²) in [6.07, 6.45) is 0. The third-order valence-electron chi connectivity index (χ3n) is 3.52. The molecule has 0 spiro atoms. The average Bonchev–Trinajstić information content (AvgIpc) is 2.57. The van der Waals surface area contributed by atoms with Crippen LogP contribution in [0.3, 0.4) is 0 Å². The summed E-state index contributed by atoms with van der Waals surface area (Å²) in [5.41, 5.74) is 2.83. The predicted molar refractivity (Wildman–Crippen MR) is 107 cm³/mol. The van der Waals surface area contributed by atoms with Crippen LogP contribution in [0, 0.1) is 6.92 Å². The van der Waals surface area contributed by atoms with Crippen molar-refractivity contribution >= 4 is 5.96 Å². The second-order valence-electron chi connectivity index (χ2n) is 7.14. The van der Waals surface area contributed by atoms with E-state index in [2.05, 4.69) is 28.6 Å². The van der Waals surface area contributed by atoms with Crippen LogP contribution in [0.15, 0.2) is 47.5 Å². The van der Waals surface area contributed by atoms with Crippen LogP contribution in [0.5, 0.6) is 5.75 Å². The molecule has 0 radical (unpaired) electrons. The Hall–Kier alpha value is -2.56. The third-order valence-corrected chi connectivity index (χ3v) is 3.52. The Labute approximate surface area is 156 Å². The van der Waals surface area contributed by atoms with Crippen LogP contribution >= 0.6 is 0 Å². The summed E-state index contributed by atoms with van der Waals surface area (Å²) in [5.74, 6) is 1.64. The van der Waals surface area contributed by atoms with Crippen molar-refractivity contribution in [3.63, 3.8) is 0 Å². The highest BCUT2D eigenvalue weighted by Crippen LogP contribution is 2.23. The Morgan fingerprint density at radius 3 is 2.54 bits per heavy atom. The lowest BCUT2D eigenvalue weighted by molar-refractivity contribution is 0.129. The monoisotopic (exact) mass is 354 g/mol. The number of hydrogen-bond acceptors (Lipinski definition) is 3. The Morgan fingerprint density at radius 1 is 1.08 bits per heavy atom. The van der Waals surface area contributed by atoms with Crippen LogP contribution in [0.25, 0.3) is 0 Å². The molecule has 0 unspecified atom stereocenters. The van der Waals surface area contributed by atoms with Gasteiger partial charge in [0, 0.05) is 17.8 Å². The molecule has 0 amide bonds. The van der Waals surface area contributed by atoms with Crippen molar-refractivity contribution in [3.05, 3.63) is 59.4 Å². The second-order valence-corrected chi connectivity index (χ2v) is 7.14. The van der Waals surface area contributed by atoms with Crippen LogP contribution in [-0.2, 0) is 13.1 Å². The van der Waals surface area contributed by atoms with Gasteiger partial charge >= 0.3 is 0 Å². The van der Waals surface area contributed by atoms with Gasteiger partial charge in [-0.2, -0.15) is 0 Å². The zero-order chi connectivity index (χ0) is 19.0. The van der Waals surface area contributed by atoms with Crippen LogP contribution in [0.1, 0.15) is 44.6 Å². The van der Waals surface area contributed by atoms with E-state index in [1.807, 2.05) is 64.1 Å². The van der Waals surface area contributed by atoms with E-state index in [9.17, 15) is 0 Å². The van der Waals surface area contributed by atoms with Gasteiger partial charge in [-0.1, -0.05) is 24.3 Å². The molecule has 2 N–H and O–H groups in total. The van der Waals surface area contributed by atoms with Crippen molar-refractivity contribution in [2.24, 2.45) is 4.99 Å². The lowest BCUT2D eigenvalue weighted by atomic mass is 10.1. The topological polar surface area (TPSA) is 58.5 Å². The molecule has 0 atom stereocenters. The summed E-state index contributed by atoms with van der Waals surface area (Å²) in [5, 5.41) is 6.61. The van der Waals surface area contributed by atoms with Gasteiger partial charge in [0.05, 0.1) is 18.8 Å². The van der Waals surface area contributed by atoms with Crippen LogP contribution in [0.2, 0.25) is 0 Å². The summed E-state index contributed by atoms with van der Waals surface area (Å²) >= 11 is 0. The van der Waals surface area contributed by atoms with Crippen molar-refractivity contribution in [1.29, 1.82) is 0 Å². The highest BCUT2D eigenvalue weighted by atomic mass is 16.5. The van der Waals surface area contributed by atoms with Gasteiger partial charge in [-0.15, -0.1) is 0 Å². The number of para-hydroxylation sites is 1. The zero-order valence-electron chi connectivity index (χ0n) is 16.5. The minimum absolute atomic E-state index is 0.237. The molecule has 1 aromatic carbocycles. The van der Waals surface area contributed by atoms with Crippen LogP contribution in [-0.4, -0.2) is 23.1 Å². The molecule has 0 saturated carbocycles. The first kappa shape index (κ1) is 19.8. The van der Waals surface area contributed by atoms with Gasteiger partial charge in [-0.05, 0) is 52.8 Å². The summed E-state index contributed by atoms with van der Waals surface area (Å²) in [6.45, 7) is 12.2. The van der Waals surface area contributed by atoms with Gasteiger partial charge < -0.3 is 15.4 Å². The van der Waals surface area contributed by atoms with Crippen molar-refractivity contribution in [2.75, 3.05) is 6.54 Å². The number of aliphatic imine (C=N–C) groups is 1. The van der Waals surface area contributed by atoms with E-state index >= 15 is 0 Å². The fourth-order valence-corrected chi connectivity index (χ4v) is 2.44. The molecular formula is C21H30N4O. The number of aromatic nitrogens is 1. The van der Waals surface area contributed by atoms with E-state index in [0.29, 0.717) is 13.1 Å². The number of benzene rings is 1. The lowest BCUT2D eigenvalue weighted by Crippen LogP contribution is -2.37. The molecule has 140 valence electrons. The number of ether oxygens (including phenoxy) is 1. The Kier molecular flexibility index (Phi) is 7.01. The van der Waals surface area contributed by atoms with Crippen LogP contribution < -0.4 is 15.4 Å². The summed E-state index contributed by atoms with van der Waals surface area (Å²) in [7, 11) is 0. The standard InChI is InChI=1S/C21H30N4O/c1-6-22-20(24-15-18-12-9-10-16(2)25-18)23-14-17-11-7-8-13-19(17)26-21(3,4)5/h7-13H,6,14-15H2,1-5H3,(H2,22,23,24). The summed E-state index contributed by atoms with van der Waals surface area (Å²) in [4.78, 5) is 9.21. The van der Waals surface area contributed by atoms with Gasteiger partial charge in [-0.25, -0.2) is 4.99 Å². The molecule has 26 heavy (non-hydrogen) atoms. The number of nitrogens with one attached hydrogen (secondary N) is 2. The van der Waals surface area contributed by atoms with Crippen molar-refractivity contribution in [2.45, 2.75) is 53.3 Å². The Bertz CT molecular complexity index is 735. The van der Waals surface area contributed by atoms with Crippen molar-refractivity contribution < 1.29 is 4.74 Å². The number of nitrogens with zero attached hydrogens (tertiary/aromatic N) is 2. The Morgan fingerprint density at radius 2 is 1.85 bits per heavy atom. The zero-order valence-corrected chi connectivity index (χ0v) is 16.5. The fraction of sp³-hybridized carbons (Fsp3) is 0.429. The molecule has 1 aromatic heterocycles. The van der Waals surface area contributed by atoms with E-state index < -0.39 is 0 Å². The molecule has 5 nitrogen and oxygen atoms in total. The molecule has 0 aliphatic carbocycles. The molecule has 0 aliphatic rings. The molecule has 0 saturated heterocycles. The van der Waals surface area contributed by atoms with Crippen molar-refractivity contribution in [1.82, 2.24) is 15.6 Å². The minimum Gasteiger partial charge on any atom is -0.488 e. The van der Waals surface area contributed by atoms with Gasteiger partial charge in [-0.3, -0.25) is 4.98 Å². The lowest BCUT2D eigenvalue weighted by Gasteiger charge is -2.23. The predicted octanol–water partition coefficient (Wildman–Crippen LogP) is 3.82. The first-order valence-electron chi connectivity index (χ1n) is 9.09. The van der Waals surface area contributed by atoms with Gasteiger partial charge in [0.1, 0.15) is 11.4 Å². The molecule has 2 aromatic rings. The van der Waals surface area contributed by atoms with E-state index in [4.69, 9.17) is 9.73 Å². The Balaban J connectivity index is 2.07. The molecule has 2 rings (SSSR count). The maximum Gasteiger partial charge on any atom is 0.191 e. The van der Waals surface area contributed by atoms with Crippen molar-refractivity contribution in [3.8, 4) is 5.75 Å². The summed E-state index contributed by atoms with van der Waals surface area (Å²) in [6, 6.07) is 14.1. The van der Waals surface area contributed by atoms with Gasteiger partial charge in [0.15, 0.2) is 5.96 Å². The SMILES string of the molecule is CCNC(=NCc1ccccc1OC(C)(C)C)NCc1cccc(C)n1. The number of aryl methyl sites for hydroxylation is 1. The first-order valence-corrected chi connectivity index (χ1v) is 9.09. The number of rotatable bonds is 6. The molecule has 0 bridgehead atoms. The van der Waals surface area contributed by atoms with E-state index in [1.54, 1.807) is 0 Å². The average molecular weight is 354 g/mol. The number of hydrogen-bond donors (Lipinski definition) is 2. The first-order chi connectivity index (χ1) is 12.4. The molecule has 1 heterocycles. The number of guanidine groups is 1. The highest BCUT2D eigenvalue weighted by Gasteiger charge is 2.14. The smallest absolute Gasteiger partial charge is 0.191 e. The normalized spacial score (nSPS) is 12.0. The summed E-state index contributed by atoms with van der Waals surface area (Å²) < 4.78 is 6.05. The van der Waals surface area contributed by atoms with E-state index in [0.717, 1.165) is 35.2 Å². The molecule has 0 aliphatic heterocycles. The third kappa shape index (κ3) is 6.75.